The van der Waals surface area contributed by atoms with E-state index in [9.17, 15) is 9.59 Å². The van der Waals surface area contributed by atoms with Gasteiger partial charge in [-0.05, 0) is 17.7 Å². The lowest BCUT2D eigenvalue weighted by Crippen LogP contribution is -2.47. The number of carbonyl (C=O) groups excluding carboxylic acids is 1. The van der Waals surface area contributed by atoms with Gasteiger partial charge in [0.25, 0.3) is 0 Å². The Morgan fingerprint density at radius 2 is 2.25 bits per heavy atom. The van der Waals surface area contributed by atoms with Gasteiger partial charge in [0.2, 0.25) is 5.91 Å². The fraction of sp³-hybridized carbons (Fsp3) is 0.636. The number of hydrogen-bond acceptors (Lipinski definition) is 3. The first-order valence-electron chi connectivity index (χ1n) is 5.36. The van der Waals surface area contributed by atoms with E-state index < -0.39 is 12.0 Å². The lowest BCUT2D eigenvalue weighted by molar-refractivity contribution is -0.148. The molecule has 0 aliphatic carbocycles. The molecule has 0 aromatic rings. The first-order valence-corrected chi connectivity index (χ1v) is 6.30. The zero-order valence-electron chi connectivity index (χ0n) is 9.71. The van der Waals surface area contributed by atoms with Crippen LogP contribution in [0.1, 0.15) is 27.2 Å². The van der Waals surface area contributed by atoms with E-state index in [0.717, 1.165) is 0 Å². The topological polar surface area (TPSA) is 57.6 Å². The van der Waals surface area contributed by atoms with E-state index in [1.807, 2.05) is 13.8 Å². The molecule has 4 nitrogen and oxygen atoms in total. The molecule has 1 heterocycles. The summed E-state index contributed by atoms with van der Waals surface area (Å²) >= 11 is 1.46. The average Bonchev–Trinajstić information content (AvgIpc) is 2.20. The number of carboxylic acids is 1. The minimum Gasteiger partial charge on any atom is -0.480 e. The van der Waals surface area contributed by atoms with Gasteiger partial charge in [0.15, 0.2) is 0 Å². The summed E-state index contributed by atoms with van der Waals surface area (Å²) in [5.74, 6) is -0.845. The van der Waals surface area contributed by atoms with E-state index >= 15 is 0 Å². The third kappa shape index (κ3) is 2.58. The second-order valence-corrected chi connectivity index (χ2v) is 5.15. The Labute approximate surface area is 99.7 Å². The van der Waals surface area contributed by atoms with Gasteiger partial charge < -0.3 is 10.0 Å². The molecule has 0 aromatic heterocycles. The number of carboxylic acid groups (broad SMARTS) is 1. The molecule has 1 aliphatic heterocycles. The predicted octanol–water partition coefficient (Wildman–Crippen LogP) is 1.92. The molecule has 16 heavy (non-hydrogen) atoms. The summed E-state index contributed by atoms with van der Waals surface area (Å²) in [5, 5.41) is 10.7. The standard InChI is InChI=1S/C11H17NO3S/c1-4-8(11(14)15)12-5-6-16-9(7(2)3)10(12)13/h5-9H,4H2,1-3H3,(H,14,15)/t8-,9-/m0/s1. The molecule has 0 unspecified atom stereocenters. The SMILES string of the molecule is CC[C@@H](C(=O)O)N1C=CS[C@@H](C(C)C)C1=O. The van der Waals surface area contributed by atoms with Crippen LogP contribution < -0.4 is 0 Å². The molecule has 0 saturated heterocycles. The Kier molecular flexibility index (Phi) is 4.41. The maximum atomic E-state index is 12.1. The van der Waals surface area contributed by atoms with Gasteiger partial charge in [-0.25, -0.2) is 4.79 Å². The van der Waals surface area contributed by atoms with Crippen molar-refractivity contribution in [2.45, 2.75) is 38.5 Å². The summed E-state index contributed by atoms with van der Waals surface area (Å²) in [7, 11) is 0. The van der Waals surface area contributed by atoms with Gasteiger partial charge >= 0.3 is 5.97 Å². The van der Waals surface area contributed by atoms with Crippen molar-refractivity contribution in [1.29, 1.82) is 0 Å². The molecule has 2 atom stereocenters. The van der Waals surface area contributed by atoms with Crippen molar-refractivity contribution in [3.63, 3.8) is 0 Å². The van der Waals surface area contributed by atoms with Crippen molar-refractivity contribution in [2.24, 2.45) is 5.92 Å². The van der Waals surface area contributed by atoms with Crippen molar-refractivity contribution in [3.05, 3.63) is 11.6 Å². The molecule has 1 amide bonds. The number of amides is 1. The Morgan fingerprint density at radius 3 is 2.69 bits per heavy atom. The monoisotopic (exact) mass is 243 g/mol. The zero-order chi connectivity index (χ0) is 12.3. The van der Waals surface area contributed by atoms with E-state index in [1.54, 1.807) is 18.5 Å². The van der Waals surface area contributed by atoms with E-state index in [2.05, 4.69) is 0 Å². The molecule has 0 spiro atoms. The van der Waals surface area contributed by atoms with E-state index in [4.69, 9.17) is 5.11 Å². The van der Waals surface area contributed by atoms with Crippen LogP contribution >= 0.6 is 11.8 Å². The lowest BCUT2D eigenvalue weighted by Gasteiger charge is -2.32. The highest BCUT2D eigenvalue weighted by Crippen LogP contribution is 2.28. The van der Waals surface area contributed by atoms with E-state index in [1.165, 1.54) is 16.7 Å². The quantitative estimate of drug-likeness (QED) is 0.819. The van der Waals surface area contributed by atoms with E-state index in [-0.39, 0.29) is 17.1 Å². The predicted molar refractivity (Wildman–Crippen MR) is 63.9 cm³/mol. The summed E-state index contributed by atoms with van der Waals surface area (Å²) < 4.78 is 0. The van der Waals surface area contributed by atoms with Crippen molar-refractivity contribution in [2.75, 3.05) is 0 Å². The van der Waals surface area contributed by atoms with Crippen LogP contribution in [-0.2, 0) is 9.59 Å². The highest BCUT2D eigenvalue weighted by atomic mass is 32.2. The van der Waals surface area contributed by atoms with Crippen molar-refractivity contribution in [3.8, 4) is 0 Å². The minimum atomic E-state index is -0.949. The Morgan fingerprint density at radius 1 is 1.62 bits per heavy atom. The molecule has 0 bridgehead atoms. The van der Waals surface area contributed by atoms with Crippen LogP contribution in [0.4, 0.5) is 0 Å². The van der Waals surface area contributed by atoms with Crippen LogP contribution in [-0.4, -0.2) is 33.2 Å². The maximum Gasteiger partial charge on any atom is 0.326 e. The molecule has 1 aliphatic rings. The molecule has 1 N–H and O–H groups in total. The molecular weight excluding hydrogens is 226 g/mol. The Hall–Kier alpha value is -0.970. The molecular formula is C11H17NO3S. The number of nitrogens with zero attached hydrogens (tertiary/aromatic N) is 1. The summed E-state index contributed by atoms with van der Waals surface area (Å²) in [5.41, 5.74) is 0. The third-order valence-corrected chi connectivity index (χ3v) is 3.88. The number of hydrogen-bond donors (Lipinski definition) is 1. The Bertz CT molecular complexity index is 314. The highest BCUT2D eigenvalue weighted by molar-refractivity contribution is 8.03. The van der Waals surface area contributed by atoms with Gasteiger partial charge in [0.1, 0.15) is 6.04 Å². The van der Waals surface area contributed by atoms with Gasteiger partial charge in [0.05, 0.1) is 5.25 Å². The summed E-state index contributed by atoms with van der Waals surface area (Å²) in [6.45, 7) is 5.70. The molecule has 0 aromatic carbocycles. The summed E-state index contributed by atoms with van der Waals surface area (Å²) in [6, 6.07) is -0.745. The smallest absolute Gasteiger partial charge is 0.326 e. The lowest BCUT2D eigenvalue weighted by atomic mass is 10.1. The summed E-state index contributed by atoms with van der Waals surface area (Å²) in [4.78, 5) is 24.4. The molecule has 5 heteroatoms. The normalized spacial score (nSPS) is 22.6. The van der Waals surface area contributed by atoms with Crippen molar-refractivity contribution >= 4 is 23.6 Å². The van der Waals surface area contributed by atoms with Gasteiger partial charge in [0, 0.05) is 6.20 Å². The molecule has 0 fully saturated rings. The molecule has 0 saturated carbocycles. The number of thioether (sulfide) groups is 1. The first-order chi connectivity index (χ1) is 7.49. The highest BCUT2D eigenvalue weighted by Gasteiger charge is 2.35. The fourth-order valence-electron chi connectivity index (χ4n) is 1.65. The van der Waals surface area contributed by atoms with Crippen LogP contribution in [0, 0.1) is 5.92 Å². The Balaban J connectivity index is 2.89. The minimum absolute atomic E-state index is 0.100. The second kappa shape index (κ2) is 5.39. The summed E-state index contributed by atoms with van der Waals surface area (Å²) in [6.07, 6.45) is 2.00. The van der Waals surface area contributed by atoms with E-state index in [0.29, 0.717) is 6.42 Å². The van der Waals surface area contributed by atoms with Gasteiger partial charge in [-0.15, -0.1) is 11.8 Å². The number of rotatable bonds is 4. The third-order valence-electron chi connectivity index (χ3n) is 2.56. The molecule has 1 rings (SSSR count). The maximum absolute atomic E-state index is 12.1. The van der Waals surface area contributed by atoms with Crippen LogP contribution in [0.3, 0.4) is 0 Å². The number of carbonyl (C=O) groups is 2. The second-order valence-electron chi connectivity index (χ2n) is 4.09. The molecule has 90 valence electrons. The van der Waals surface area contributed by atoms with Crippen LogP contribution in [0.5, 0.6) is 0 Å². The van der Waals surface area contributed by atoms with Gasteiger partial charge in [-0.2, -0.15) is 0 Å². The van der Waals surface area contributed by atoms with Crippen LogP contribution in [0.25, 0.3) is 0 Å². The van der Waals surface area contributed by atoms with Crippen LogP contribution in [0.15, 0.2) is 11.6 Å². The number of aliphatic carboxylic acids is 1. The molecule has 0 radical (unpaired) electrons. The van der Waals surface area contributed by atoms with Gasteiger partial charge in [-0.1, -0.05) is 20.8 Å². The van der Waals surface area contributed by atoms with Crippen molar-refractivity contribution < 1.29 is 14.7 Å². The fourth-order valence-corrected chi connectivity index (χ4v) is 2.58. The van der Waals surface area contributed by atoms with Gasteiger partial charge in [-0.3, -0.25) is 4.79 Å². The zero-order valence-corrected chi connectivity index (χ0v) is 10.5. The average molecular weight is 243 g/mol. The van der Waals surface area contributed by atoms with Crippen LogP contribution in [0.2, 0.25) is 0 Å². The van der Waals surface area contributed by atoms with Crippen molar-refractivity contribution in [1.82, 2.24) is 4.90 Å². The first kappa shape index (κ1) is 13.1. The largest absolute Gasteiger partial charge is 0.480 e.